The number of alkyl halides is 2. The summed E-state index contributed by atoms with van der Waals surface area (Å²) in [6.45, 7) is 1.30. The monoisotopic (exact) mass is 231 g/mol. The predicted octanol–water partition coefficient (Wildman–Crippen LogP) is 2.32. The van der Waals surface area contributed by atoms with E-state index in [2.05, 4.69) is 5.32 Å². The van der Waals surface area contributed by atoms with Gasteiger partial charge in [0, 0.05) is 11.6 Å². The zero-order valence-electron chi connectivity index (χ0n) is 9.21. The molecule has 3 nitrogen and oxygen atoms in total. The number of hydrogen-bond acceptors (Lipinski definition) is 3. The van der Waals surface area contributed by atoms with E-state index in [9.17, 15) is 13.9 Å². The maximum atomic E-state index is 12.0. The minimum atomic E-state index is -2.41. The third-order valence-electron chi connectivity index (χ3n) is 2.28. The van der Waals surface area contributed by atoms with Crippen molar-refractivity contribution in [3.63, 3.8) is 0 Å². The molecule has 0 fully saturated rings. The van der Waals surface area contributed by atoms with Gasteiger partial charge in [0.1, 0.15) is 11.5 Å². The molecule has 90 valence electrons. The number of ether oxygens (including phenoxy) is 1. The lowest BCUT2D eigenvalue weighted by Gasteiger charge is -2.16. The number of rotatable bonds is 5. The van der Waals surface area contributed by atoms with Gasteiger partial charge in [-0.25, -0.2) is 8.78 Å². The van der Waals surface area contributed by atoms with Crippen LogP contribution < -0.4 is 10.1 Å². The van der Waals surface area contributed by atoms with E-state index in [1.807, 2.05) is 0 Å². The molecule has 0 heterocycles. The van der Waals surface area contributed by atoms with E-state index < -0.39 is 13.0 Å². The third kappa shape index (κ3) is 3.34. The Bertz CT molecular complexity index is 345. The molecule has 1 aromatic carbocycles. The zero-order valence-corrected chi connectivity index (χ0v) is 9.21. The predicted molar refractivity (Wildman–Crippen MR) is 57.1 cm³/mol. The van der Waals surface area contributed by atoms with Crippen molar-refractivity contribution in [2.24, 2.45) is 0 Å². The standard InChI is InChI=1S/C11H15F2NO2/c1-7(14-6-11(12)13)9-5-8(16-2)3-4-10(9)15/h3-5,7,11,14-15H,6H2,1-2H3. The number of phenolic OH excluding ortho intramolecular Hbond substituents is 1. The van der Waals surface area contributed by atoms with Gasteiger partial charge in [-0.3, -0.25) is 0 Å². The zero-order chi connectivity index (χ0) is 12.1. The van der Waals surface area contributed by atoms with Crippen molar-refractivity contribution < 1.29 is 18.6 Å². The molecule has 0 aromatic heterocycles. The lowest BCUT2D eigenvalue weighted by molar-refractivity contribution is 0.142. The Morgan fingerprint density at radius 1 is 1.44 bits per heavy atom. The molecule has 0 amide bonds. The van der Waals surface area contributed by atoms with E-state index >= 15 is 0 Å². The molecule has 0 aliphatic rings. The average Bonchev–Trinajstić information content (AvgIpc) is 2.26. The van der Waals surface area contributed by atoms with Gasteiger partial charge in [-0.05, 0) is 25.1 Å². The van der Waals surface area contributed by atoms with Crippen LogP contribution in [0.1, 0.15) is 18.5 Å². The molecular formula is C11H15F2NO2. The summed E-state index contributed by atoms with van der Waals surface area (Å²) in [5.74, 6) is 0.647. The van der Waals surface area contributed by atoms with E-state index in [-0.39, 0.29) is 11.8 Å². The SMILES string of the molecule is COc1ccc(O)c(C(C)NCC(F)F)c1. The van der Waals surface area contributed by atoms with Gasteiger partial charge >= 0.3 is 0 Å². The first-order chi connectivity index (χ1) is 7.54. The number of halogens is 2. The summed E-state index contributed by atoms with van der Waals surface area (Å²) >= 11 is 0. The molecule has 2 N–H and O–H groups in total. The van der Waals surface area contributed by atoms with Crippen LogP contribution >= 0.6 is 0 Å². The summed E-state index contributed by atoms with van der Waals surface area (Å²) in [5, 5.41) is 12.2. The topological polar surface area (TPSA) is 41.5 Å². The quantitative estimate of drug-likeness (QED) is 0.817. The van der Waals surface area contributed by atoms with Gasteiger partial charge in [0.2, 0.25) is 0 Å². The van der Waals surface area contributed by atoms with Crippen LogP contribution in [0.4, 0.5) is 8.78 Å². The van der Waals surface area contributed by atoms with E-state index in [1.165, 1.54) is 13.2 Å². The van der Waals surface area contributed by atoms with Gasteiger partial charge in [0.05, 0.1) is 13.7 Å². The normalized spacial score (nSPS) is 12.8. The Labute approximate surface area is 93.0 Å². The van der Waals surface area contributed by atoms with Gasteiger partial charge in [-0.15, -0.1) is 0 Å². The number of nitrogens with one attached hydrogen (secondary N) is 1. The number of benzene rings is 1. The first kappa shape index (κ1) is 12.7. The fourth-order valence-corrected chi connectivity index (χ4v) is 1.38. The Kier molecular flexibility index (Phi) is 4.49. The average molecular weight is 231 g/mol. The van der Waals surface area contributed by atoms with Crippen molar-refractivity contribution >= 4 is 0 Å². The maximum absolute atomic E-state index is 12.0. The van der Waals surface area contributed by atoms with Gasteiger partial charge in [-0.2, -0.15) is 0 Å². The number of aromatic hydroxyl groups is 1. The lowest BCUT2D eigenvalue weighted by Crippen LogP contribution is -2.24. The Morgan fingerprint density at radius 3 is 2.69 bits per heavy atom. The van der Waals surface area contributed by atoms with Crippen LogP contribution in [0.15, 0.2) is 18.2 Å². The molecule has 0 spiro atoms. The fourth-order valence-electron chi connectivity index (χ4n) is 1.38. The van der Waals surface area contributed by atoms with Crippen molar-refractivity contribution in [1.29, 1.82) is 0 Å². The number of phenols is 1. The highest BCUT2D eigenvalue weighted by molar-refractivity contribution is 5.41. The molecule has 1 rings (SSSR count). The van der Waals surface area contributed by atoms with Crippen molar-refractivity contribution in [3.05, 3.63) is 23.8 Å². The second-order valence-electron chi connectivity index (χ2n) is 3.45. The molecule has 1 atom stereocenters. The molecule has 16 heavy (non-hydrogen) atoms. The van der Waals surface area contributed by atoms with Crippen molar-refractivity contribution in [3.8, 4) is 11.5 Å². The molecule has 1 unspecified atom stereocenters. The van der Waals surface area contributed by atoms with E-state index in [1.54, 1.807) is 19.1 Å². The second kappa shape index (κ2) is 5.65. The largest absolute Gasteiger partial charge is 0.508 e. The lowest BCUT2D eigenvalue weighted by atomic mass is 10.1. The van der Waals surface area contributed by atoms with Crippen LogP contribution in [0.3, 0.4) is 0 Å². The Morgan fingerprint density at radius 2 is 2.12 bits per heavy atom. The van der Waals surface area contributed by atoms with Crippen molar-refractivity contribution in [2.75, 3.05) is 13.7 Å². The van der Waals surface area contributed by atoms with Crippen LogP contribution in [-0.4, -0.2) is 25.2 Å². The minimum Gasteiger partial charge on any atom is -0.508 e. The summed E-state index contributed by atoms with van der Waals surface area (Å²) in [4.78, 5) is 0. The van der Waals surface area contributed by atoms with E-state index in [4.69, 9.17) is 4.74 Å². The van der Waals surface area contributed by atoms with Crippen LogP contribution in [-0.2, 0) is 0 Å². The fraction of sp³-hybridized carbons (Fsp3) is 0.455. The maximum Gasteiger partial charge on any atom is 0.250 e. The molecular weight excluding hydrogens is 216 g/mol. The summed E-state index contributed by atoms with van der Waals surface area (Å²) < 4.78 is 29.0. The molecule has 5 heteroatoms. The molecule has 0 aliphatic heterocycles. The van der Waals surface area contributed by atoms with Crippen LogP contribution in [0.5, 0.6) is 11.5 Å². The molecule has 0 aliphatic carbocycles. The summed E-state index contributed by atoms with van der Waals surface area (Å²) in [6, 6.07) is 4.36. The van der Waals surface area contributed by atoms with E-state index in [0.717, 1.165) is 0 Å². The van der Waals surface area contributed by atoms with Crippen molar-refractivity contribution in [2.45, 2.75) is 19.4 Å². The Balaban J connectivity index is 2.76. The second-order valence-corrected chi connectivity index (χ2v) is 3.45. The first-order valence-corrected chi connectivity index (χ1v) is 4.93. The van der Waals surface area contributed by atoms with Crippen LogP contribution in [0.2, 0.25) is 0 Å². The van der Waals surface area contributed by atoms with Gasteiger partial charge in [0.25, 0.3) is 6.43 Å². The highest BCUT2D eigenvalue weighted by atomic mass is 19.3. The van der Waals surface area contributed by atoms with Gasteiger partial charge in [-0.1, -0.05) is 0 Å². The van der Waals surface area contributed by atoms with Crippen LogP contribution in [0.25, 0.3) is 0 Å². The minimum absolute atomic E-state index is 0.0649. The highest BCUT2D eigenvalue weighted by Crippen LogP contribution is 2.28. The number of methoxy groups -OCH3 is 1. The molecule has 1 aromatic rings. The van der Waals surface area contributed by atoms with Crippen LogP contribution in [0, 0.1) is 0 Å². The molecule has 0 bridgehead atoms. The number of hydrogen-bond donors (Lipinski definition) is 2. The highest BCUT2D eigenvalue weighted by Gasteiger charge is 2.13. The van der Waals surface area contributed by atoms with Gasteiger partial charge in [0.15, 0.2) is 0 Å². The third-order valence-corrected chi connectivity index (χ3v) is 2.28. The van der Waals surface area contributed by atoms with Crippen molar-refractivity contribution in [1.82, 2.24) is 5.32 Å². The summed E-state index contributed by atoms with van der Waals surface area (Å²) in [6.07, 6.45) is -2.41. The Hall–Kier alpha value is -1.36. The summed E-state index contributed by atoms with van der Waals surface area (Å²) in [7, 11) is 1.51. The van der Waals surface area contributed by atoms with E-state index in [0.29, 0.717) is 11.3 Å². The first-order valence-electron chi connectivity index (χ1n) is 4.93. The molecule has 0 saturated heterocycles. The molecule has 0 radical (unpaired) electrons. The molecule has 0 saturated carbocycles. The summed E-state index contributed by atoms with van der Waals surface area (Å²) in [5.41, 5.74) is 0.542. The smallest absolute Gasteiger partial charge is 0.250 e. The van der Waals surface area contributed by atoms with Gasteiger partial charge < -0.3 is 15.2 Å².